The number of hydrogen-bond donors (Lipinski definition) is 2. The molecule has 3 nitrogen and oxygen atoms in total. The number of halogens is 1. The van der Waals surface area contributed by atoms with Crippen molar-refractivity contribution in [2.45, 2.75) is 12.5 Å². The maximum absolute atomic E-state index is 11.4. The molecule has 0 aromatic carbocycles. The van der Waals surface area contributed by atoms with Gasteiger partial charge in [0.1, 0.15) is 6.67 Å². The molecule has 48 valence electrons. The smallest absolute Gasteiger partial charge is 0.219 e. The van der Waals surface area contributed by atoms with Gasteiger partial charge in [0, 0.05) is 12.5 Å². The number of alkyl halides is 1. The van der Waals surface area contributed by atoms with E-state index in [1.54, 1.807) is 0 Å². The molecule has 0 aromatic heterocycles. The van der Waals surface area contributed by atoms with Crippen LogP contribution in [0.4, 0.5) is 4.39 Å². The summed E-state index contributed by atoms with van der Waals surface area (Å²) in [5.74, 6) is -0.560. The summed E-state index contributed by atoms with van der Waals surface area (Å²) in [5.41, 5.74) is 9.68. The largest absolute Gasteiger partial charge is 0.370 e. The van der Waals surface area contributed by atoms with Crippen LogP contribution in [0.5, 0.6) is 0 Å². The molecule has 0 aliphatic heterocycles. The van der Waals surface area contributed by atoms with Gasteiger partial charge in [0.05, 0.1) is 0 Å². The maximum atomic E-state index is 11.4. The van der Waals surface area contributed by atoms with Gasteiger partial charge >= 0.3 is 0 Å². The molecule has 4 heteroatoms. The first-order valence-electron chi connectivity index (χ1n) is 2.26. The normalized spacial score (nSPS) is 13.2. The van der Waals surface area contributed by atoms with Crippen LogP contribution >= 0.6 is 0 Å². The van der Waals surface area contributed by atoms with E-state index in [-0.39, 0.29) is 6.42 Å². The highest BCUT2D eigenvalue weighted by atomic mass is 19.1. The number of hydrogen-bond acceptors (Lipinski definition) is 2. The molecule has 4 N–H and O–H groups in total. The van der Waals surface area contributed by atoms with Crippen molar-refractivity contribution in [3.05, 3.63) is 0 Å². The molecule has 1 atom stereocenters. The van der Waals surface area contributed by atoms with E-state index in [9.17, 15) is 9.18 Å². The van der Waals surface area contributed by atoms with Gasteiger partial charge in [-0.05, 0) is 0 Å². The number of primary amides is 1. The summed E-state index contributed by atoms with van der Waals surface area (Å²) in [6.07, 6.45) is -0.0729. The first kappa shape index (κ1) is 7.36. The van der Waals surface area contributed by atoms with Gasteiger partial charge in [-0.3, -0.25) is 4.79 Å². The molecule has 0 aromatic rings. The van der Waals surface area contributed by atoms with E-state index in [1.807, 2.05) is 0 Å². The molecule has 0 rings (SSSR count). The molecule has 0 aliphatic carbocycles. The van der Waals surface area contributed by atoms with Crippen molar-refractivity contribution in [2.24, 2.45) is 11.5 Å². The molecule has 0 spiro atoms. The summed E-state index contributed by atoms with van der Waals surface area (Å²) >= 11 is 0. The molecule has 0 saturated heterocycles. The van der Waals surface area contributed by atoms with Crippen LogP contribution in [0.15, 0.2) is 0 Å². The van der Waals surface area contributed by atoms with E-state index >= 15 is 0 Å². The molecule has 8 heavy (non-hydrogen) atoms. The Morgan fingerprint density at radius 2 is 2.25 bits per heavy atom. The van der Waals surface area contributed by atoms with Crippen molar-refractivity contribution in [3.63, 3.8) is 0 Å². The Labute approximate surface area is 46.8 Å². The topological polar surface area (TPSA) is 69.1 Å². The Morgan fingerprint density at radius 1 is 1.75 bits per heavy atom. The summed E-state index contributed by atoms with van der Waals surface area (Å²) in [6, 6.07) is -0.715. The summed E-state index contributed by atoms with van der Waals surface area (Å²) < 4.78 is 11.4. The Morgan fingerprint density at radius 3 is 2.38 bits per heavy atom. The van der Waals surface area contributed by atoms with Crippen LogP contribution < -0.4 is 11.5 Å². The van der Waals surface area contributed by atoms with E-state index in [1.165, 1.54) is 0 Å². The van der Waals surface area contributed by atoms with Crippen molar-refractivity contribution < 1.29 is 9.18 Å². The Hall–Kier alpha value is -0.640. The van der Waals surface area contributed by atoms with Gasteiger partial charge in [0.15, 0.2) is 0 Å². The molecule has 0 aliphatic rings. The van der Waals surface area contributed by atoms with Crippen molar-refractivity contribution in [3.8, 4) is 0 Å². The number of carbonyl (C=O) groups is 1. The van der Waals surface area contributed by atoms with Crippen LogP contribution in [0.25, 0.3) is 0 Å². The monoisotopic (exact) mass is 120 g/mol. The molecule has 0 heterocycles. The lowest BCUT2D eigenvalue weighted by molar-refractivity contribution is -0.118. The summed E-state index contributed by atoms with van der Waals surface area (Å²) in [5, 5.41) is 0. The predicted molar refractivity (Wildman–Crippen MR) is 27.8 cm³/mol. The molecular formula is C4H9FN2O. The third-order valence-corrected chi connectivity index (χ3v) is 0.662. The lowest BCUT2D eigenvalue weighted by atomic mass is 10.2. The number of nitrogens with two attached hydrogens (primary N) is 2. The van der Waals surface area contributed by atoms with E-state index < -0.39 is 18.6 Å². The van der Waals surface area contributed by atoms with Crippen LogP contribution in [-0.2, 0) is 4.79 Å². The quantitative estimate of drug-likeness (QED) is 0.509. The van der Waals surface area contributed by atoms with Gasteiger partial charge < -0.3 is 11.5 Å². The second-order valence-electron chi connectivity index (χ2n) is 1.58. The standard InChI is InChI=1S/C4H9FN2O/c5-2-3(6)1-4(7)8/h3H,1-2,6H2,(H2,7,8). The molecule has 0 fully saturated rings. The third kappa shape index (κ3) is 3.55. The number of carbonyl (C=O) groups excluding carboxylic acids is 1. The average molecular weight is 120 g/mol. The highest BCUT2D eigenvalue weighted by Gasteiger charge is 2.03. The zero-order valence-corrected chi connectivity index (χ0v) is 4.43. The minimum atomic E-state index is -0.715. The van der Waals surface area contributed by atoms with Crippen molar-refractivity contribution in [1.82, 2.24) is 0 Å². The van der Waals surface area contributed by atoms with Crippen LogP contribution in [0.2, 0.25) is 0 Å². The second-order valence-corrected chi connectivity index (χ2v) is 1.58. The van der Waals surface area contributed by atoms with Gasteiger partial charge in [-0.25, -0.2) is 4.39 Å². The molecular weight excluding hydrogens is 111 g/mol. The van der Waals surface area contributed by atoms with Crippen LogP contribution in [0.3, 0.4) is 0 Å². The fourth-order valence-electron chi connectivity index (χ4n) is 0.313. The summed E-state index contributed by atoms with van der Waals surface area (Å²) in [4.78, 5) is 9.94. The van der Waals surface area contributed by atoms with Gasteiger partial charge in [-0.15, -0.1) is 0 Å². The van der Waals surface area contributed by atoms with E-state index in [0.29, 0.717) is 0 Å². The predicted octanol–water partition coefficient (Wildman–Crippen LogP) is -0.841. The second kappa shape index (κ2) is 3.37. The molecule has 0 radical (unpaired) electrons. The summed E-state index contributed by atoms with van der Waals surface area (Å²) in [6.45, 7) is -0.692. The van der Waals surface area contributed by atoms with Crippen molar-refractivity contribution >= 4 is 5.91 Å². The zero-order chi connectivity index (χ0) is 6.57. The van der Waals surface area contributed by atoms with Crippen LogP contribution in [0.1, 0.15) is 6.42 Å². The lowest BCUT2D eigenvalue weighted by Crippen LogP contribution is -2.28. The van der Waals surface area contributed by atoms with E-state index in [2.05, 4.69) is 5.73 Å². The molecule has 0 bridgehead atoms. The molecule has 1 amide bonds. The van der Waals surface area contributed by atoms with Crippen LogP contribution in [-0.4, -0.2) is 18.6 Å². The lowest BCUT2D eigenvalue weighted by Gasteiger charge is -1.99. The minimum absolute atomic E-state index is 0.0729. The van der Waals surface area contributed by atoms with E-state index in [0.717, 1.165) is 0 Å². The fraction of sp³-hybridized carbons (Fsp3) is 0.750. The van der Waals surface area contributed by atoms with Crippen molar-refractivity contribution in [2.75, 3.05) is 6.67 Å². The Kier molecular flexibility index (Phi) is 3.10. The van der Waals surface area contributed by atoms with Gasteiger partial charge in [0.2, 0.25) is 5.91 Å². The number of amides is 1. The fourth-order valence-corrected chi connectivity index (χ4v) is 0.313. The van der Waals surface area contributed by atoms with Gasteiger partial charge in [-0.1, -0.05) is 0 Å². The zero-order valence-electron chi connectivity index (χ0n) is 4.43. The van der Waals surface area contributed by atoms with Crippen LogP contribution in [0, 0.1) is 0 Å². The first-order chi connectivity index (χ1) is 3.66. The maximum Gasteiger partial charge on any atom is 0.219 e. The SMILES string of the molecule is NC(=O)CC(N)CF. The highest BCUT2D eigenvalue weighted by Crippen LogP contribution is 1.85. The Balaban J connectivity index is 3.24. The van der Waals surface area contributed by atoms with E-state index in [4.69, 9.17) is 5.73 Å². The minimum Gasteiger partial charge on any atom is -0.370 e. The third-order valence-electron chi connectivity index (χ3n) is 0.662. The Bertz CT molecular complexity index is 86.1. The highest BCUT2D eigenvalue weighted by molar-refractivity contribution is 5.74. The number of rotatable bonds is 3. The van der Waals surface area contributed by atoms with Gasteiger partial charge in [-0.2, -0.15) is 0 Å². The average Bonchev–Trinajstić information content (AvgIpc) is 1.65. The van der Waals surface area contributed by atoms with Gasteiger partial charge in [0.25, 0.3) is 0 Å². The molecule has 0 saturated carbocycles. The van der Waals surface area contributed by atoms with Crippen molar-refractivity contribution in [1.29, 1.82) is 0 Å². The summed E-state index contributed by atoms with van der Waals surface area (Å²) in [7, 11) is 0. The first-order valence-corrected chi connectivity index (χ1v) is 2.26. The molecule has 1 unspecified atom stereocenters.